The molecule has 1 aromatic heterocycles. The minimum atomic E-state index is -0.458. The fourth-order valence-electron chi connectivity index (χ4n) is 1.40. The predicted octanol–water partition coefficient (Wildman–Crippen LogP) is -0.0779. The van der Waals surface area contributed by atoms with E-state index in [0.717, 1.165) is 9.25 Å². The first-order valence-corrected chi connectivity index (χ1v) is 4.85. The lowest BCUT2D eigenvalue weighted by molar-refractivity contribution is 0.631. The third-order valence-electron chi connectivity index (χ3n) is 2.33. The highest BCUT2D eigenvalue weighted by Crippen LogP contribution is 2.00. The van der Waals surface area contributed by atoms with Crippen LogP contribution in [-0.4, -0.2) is 14.3 Å². The van der Waals surface area contributed by atoms with Gasteiger partial charge in [-0.25, -0.2) is 4.79 Å². The maximum absolute atomic E-state index is 11.9. The van der Waals surface area contributed by atoms with Crippen LogP contribution in [0.2, 0.25) is 0 Å². The zero-order chi connectivity index (χ0) is 12.4. The van der Waals surface area contributed by atoms with Crippen LogP contribution in [0.1, 0.15) is 5.69 Å². The Morgan fingerprint density at radius 2 is 2.00 bits per heavy atom. The lowest BCUT2D eigenvalue weighted by Gasteiger charge is -2.06. The molecule has 6 nitrogen and oxygen atoms in total. The molecule has 1 aromatic carbocycles. The predicted molar refractivity (Wildman–Crippen MR) is 59.4 cm³/mol. The highest BCUT2D eigenvalue weighted by Gasteiger charge is 2.08. The normalized spacial score (nSPS) is 9.88. The van der Waals surface area contributed by atoms with Crippen molar-refractivity contribution in [3.63, 3.8) is 0 Å². The molecule has 84 valence electrons. The van der Waals surface area contributed by atoms with Crippen LogP contribution in [0.15, 0.2) is 35.1 Å². The zero-order valence-electron chi connectivity index (χ0n) is 9.08. The molecule has 6 heteroatoms. The van der Waals surface area contributed by atoms with E-state index in [1.165, 1.54) is 7.05 Å². The van der Waals surface area contributed by atoms with Crippen LogP contribution in [0.5, 0.6) is 0 Å². The summed E-state index contributed by atoms with van der Waals surface area (Å²) in [4.78, 5) is 11.9. The molecule has 1 heterocycles. The van der Waals surface area contributed by atoms with Crippen molar-refractivity contribution < 1.29 is 0 Å². The van der Waals surface area contributed by atoms with Gasteiger partial charge in [-0.15, -0.1) is 5.10 Å². The van der Waals surface area contributed by atoms with Gasteiger partial charge in [-0.2, -0.15) is 9.94 Å². The Labute approximate surface area is 96.5 Å². The Bertz CT molecular complexity index is 705. The van der Waals surface area contributed by atoms with Gasteiger partial charge in [0.15, 0.2) is 5.49 Å². The number of nitrogens with one attached hydrogen (secondary N) is 1. The Balaban J connectivity index is 2.82. The first kappa shape index (κ1) is 10.8. The second kappa shape index (κ2) is 4.06. The summed E-state index contributed by atoms with van der Waals surface area (Å²) in [5, 5.41) is 20.3. The molecule has 0 atom stereocenters. The van der Waals surface area contributed by atoms with Crippen molar-refractivity contribution in [2.45, 2.75) is 0 Å². The van der Waals surface area contributed by atoms with Crippen molar-refractivity contribution >= 4 is 0 Å². The van der Waals surface area contributed by atoms with Crippen LogP contribution in [0.25, 0.3) is 5.69 Å². The molecule has 0 saturated carbocycles. The lowest BCUT2D eigenvalue weighted by atomic mass is 10.3. The van der Waals surface area contributed by atoms with E-state index in [2.05, 4.69) is 5.10 Å². The Morgan fingerprint density at radius 3 is 2.59 bits per heavy atom. The molecular formula is C11H9N5O. The van der Waals surface area contributed by atoms with Gasteiger partial charge in [0.05, 0.1) is 5.69 Å². The quantitative estimate of drug-likeness (QED) is 0.739. The molecule has 1 N–H and O–H groups in total. The Kier molecular flexibility index (Phi) is 2.58. The molecule has 2 aromatic rings. The van der Waals surface area contributed by atoms with E-state index in [9.17, 15) is 4.79 Å². The Morgan fingerprint density at radius 1 is 1.35 bits per heavy atom. The molecule has 0 aliphatic heterocycles. The highest BCUT2D eigenvalue weighted by molar-refractivity contribution is 5.30. The number of hydrogen-bond donors (Lipinski definition) is 1. The summed E-state index contributed by atoms with van der Waals surface area (Å²) < 4.78 is 2.19. The topological polar surface area (TPSA) is 87.5 Å². The first-order valence-electron chi connectivity index (χ1n) is 4.85. The third kappa shape index (κ3) is 1.74. The van der Waals surface area contributed by atoms with Crippen molar-refractivity contribution in [2.75, 3.05) is 0 Å². The smallest absolute Gasteiger partial charge is 0.282 e. The average molecular weight is 227 g/mol. The summed E-state index contributed by atoms with van der Waals surface area (Å²) in [6.45, 7) is 0. The molecule has 0 saturated heterocycles. The molecule has 2 rings (SSSR count). The van der Waals surface area contributed by atoms with Gasteiger partial charge in [0.2, 0.25) is 5.69 Å². The number of rotatable bonds is 1. The minimum Gasteiger partial charge on any atom is -0.282 e. The van der Waals surface area contributed by atoms with Crippen LogP contribution in [0.3, 0.4) is 0 Å². The molecule has 0 spiro atoms. The van der Waals surface area contributed by atoms with E-state index in [0.29, 0.717) is 5.69 Å². The zero-order valence-corrected chi connectivity index (χ0v) is 9.08. The molecular weight excluding hydrogens is 218 g/mol. The number of aromatic nitrogens is 3. The average Bonchev–Trinajstić information content (AvgIpc) is 2.37. The van der Waals surface area contributed by atoms with Gasteiger partial charge in [0, 0.05) is 7.05 Å². The van der Waals surface area contributed by atoms with Gasteiger partial charge in [-0.1, -0.05) is 18.2 Å². The van der Waals surface area contributed by atoms with E-state index in [4.69, 9.17) is 10.7 Å². The van der Waals surface area contributed by atoms with Gasteiger partial charge in [-0.3, -0.25) is 9.98 Å². The van der Waals surface area contributed by atoms with Crippen LogP contribution in [0.4, 0.5) is 0 Å². The molecule has 0 aliphatic carbocycles. The molecule has 0 unspecified atom stereocenters. The third-order valence-corrected chi connectivity index (χ3v) is 2.33. The number of para-hydroxylation sites is 1. The standard InChI is InChI=1S/C11H9N5O/c1-15-10(13)9(7-12)14-16(11(15)17)8-5-3-2-4-6-8/h2-6,13H,1H3. The van der Waals surface area contributed by atoms with Gasteiger partial charge >= 0.3 is 5.69 Å². The summed E-state index contributed by atoms with van der Waals surface area (Å²) in [6.07, 6.45) is 0. The number of nitrogens with zero attached hydrogens (tertiary/aromatic N) is 4. The van der Waals surface area contributed by atoms with Gasteiger partial charge in [-0.05, 0) is 12.1 Å². The highest BCUT2D eigenvalue weighted by atomic mass is 16.2. The van der Waals surface area contributed by atoms with Crippen LogP contribution in [0, 0.1) is 16.7 Å². The van der Waals surface area contributed by atoms with Crippen molar-refractivity contribution in [1.82, 2.24) is 14.3 Å². The summed E-state index contributed by atoms with van der Waals surface area (Å²) in [6, 6.07) is 10.6. The van der Waals surface area contributed by atoms with E-state index in [-0.39, 0.29) is 11.2 Å². The van der Waals surface area contributed by atoms with Gasteiger partial charge < -0.3 is 0 Å². The first-order chi connectivity index (χ1) is 8.15. The second-order valence-electron chi connectivity index (χ2n) is 3.40. The van der Waals surface area contributed by atoms with Crippen molar-refractivity contribution in [3.8, 4) is 11.8 Å². The maximum atomic E-state index is 11.9. The summed E-state index contributed by atoms with van der Waals surface area (Å²) in [5.74, 6) is 0. The van der Waals surface area contributed by atoms with E-state index in [1.54, 1.807) is 30.3 Å². The molecule has 0 radical (unpaired) electrons. The van der Waals surface area contributed by atoms with Gasteiger partial charge in [0.1, 0.15) is 6.07 Å². The molecule has 0 aliphatic rings. The summed E-state index contributed by atoms with van der Waals surface area (Å²) in [5.41, 5.74) is -0.176. The SMILES string of the molecule is Cn1c(=N)c(C#N)nn(-c2ccccc2)c1=O. The van der Waals surface area contributed by atoms with Crippen LogP contribution >= 0.6 is 0 Å². The largest absolute Gasteiger partial charge is 0.350 e. The molecule has 0 bridgehead atoms. The molecule has 0 amide bonds. The van der Waals surface area contributed by atoms with E-state index >= 15 is 0 Å². The summed E-state index contributed by atoms with van der Waals surface area (Å²) in [7, 11) is 1.44. The molecule has 17 heavy (non-hydrogen) atoms. The monoisotopic (exact) mass is 227 g/mol. The summed E-state index contributed by atoms with van der Waals surface area (Å²) >= 11 is 0. The van der Waals surface area contributed by atoms with Crippen molar-refractivity contribution in [1.29, 1.82) is 10.7 Å². The number of nitriles is 1. The number of benzene rings is 1. The minimum absolute atomic E-state index is 0.0871. The lowest BCUT2D eigenvalue weighted by Crippen LogP contribution is -2.40. The Hall–Kier alpha value is -2.68. The van der Waals surface area contributed by atoms with Crippen molar-refractivity contribution in [2.24, 2.45) is 7.05 Å². The maximum Gasteiger partial charge on any atom is 0.350 e. The van der Waals surface area contributed by atoms with Crippen LogP contribution in [-0.2, 0) is 7.05 Å². The van der Waals surface area contributed by atoms with Crippen LogP contribution < -0.4 is 11.2 Å². The molecule has 0 fully saturated rings. The van der Waals surface area contributed by atoms with E-state index in [1.807, 2.05) is 6.07 Å². The second-order valence-corrected chi connectivity index (χ2v) is 3.40. The number of hydrogen-bond acceptors (Lipinski definition) is 4. The van der Waals surface area contributed by atoms with Gasteiger partial charge in [0.25, 0.3) is 0 Å². The van der Waals surface area contributed by atoms with E-state index < -0.39 is 5.69 Å². The fraction of sp³-hybridized carbons (Fsp3) is 0.0909. The van der Waals surface area contributed by atoms with Crippen molar-refractivity contribution in [3.05, 3.63) is 52.0 Å². The fourth-order valence-corrected chi connectivity index (χ4v) is 1.40.